The second-order valence-corrected chi connectivity index (χ2v) is 10.2. The molecule has 4 nitrogen and oxygen atoms in total. The Morgan fingerprint density at radius 3 is 1.42 bits per heavy atom. The molecule has 0 aliphatic carbocycles. The second-order valence-electron chi connectivity index (χ2n) is 8.11. The van der Waals surface area contributed by atoms with Gasteiger partial charge in [-0.25, -0.2) is 8.42 Å². The number of hydrogen-bond donors (Lipinski definition) is 0. The van der Waals surface area contributed by atoms with E-state index < -0.39 is 10.0 Å². The first-order valence-electron chi connectivity index (χ1n) is 11.2. The van der Waals surface area contributed by atoms with Gasteiger partial charge in [-0.15, -0.1) is 0 Å². The lowest BCUT2D eigenvalue weighted by atomic mass is 10.0. The minimum atomic E-state index is -3.02. The van der Waals surface area contributed by atoms with Gasteiger partial charge in [0.25, 0.3) is 0 Å². The zero-order valence-corrected chi connectivity index (χ0v) is 18.4. The third-order valence-electron chi connectivity index (χ3n) is 5.61. The molecule has 0 aromatic heterocycles. The van der Waals surface area contributed by atoms with Gasteiger partial charge in [-0.1, -0.05) is 90.4 Å². The number of sulfonamides is 1. The Kier molecular flexibility index (Phi) is 13.7. The van der Waals surface area contributed by atoms with Crippen LogP contribution in [0.4, 0.5) is 0 Å². The Morgan fingerprint density at radius 2 is 1.00 bits per heavy atom. The molecule has 1 aliphatic rings. The summed E-state index contributed by atoms with van der Waals surface area (Å²) >= 11 is 0. The Morgan fingerprint density at radius 1 is 0.615 bits per heavy atom. The Labute approximate surface area is 163 Å². The first-order valence-corrected chi connectivity index (χ1v) is 12.8. The van der Waals surface area contributed by atoms with Crippen molar-refractivity contribution in [3.63, 3.8) is 0 Å². The minimum absolute atomic E-state index is 0.342. The highest BCUT2D eigenvalue weighted by Crippen LogP contribution is 2.14. The molecule has 1 saturated heterocycles. The van der Waals surface area contributed by atoms with Gasteiger partial charge in [0.2, 0.25) is 10.0 Å². The van der Waals surface area contributed by atoms with Crippen LogP contribution < -0.4 is 0 Å². The molecular formula is C21H44N2O2S. The normalized spacial score (nSPS) is 17.0. The molecule has 1 heterocycles. The quantitative estimate of drug-likeness (QED) is 0.348. The number of hydrogen-bond acceptors (Lipinski definition) is 3. The zero-order valence-electron chi connectivity index (χ0n) is 17.6. The highest BCUT2D eigenvalue weighted by atomic mass is 32.2. The average molecular weight is 389 g/mol. The van der Waals surface area contributed by atoms with E-state index in [4.69, 9.17) is 0 Å². The Bertz CT molecular complexity index is 418. The van der Waals surface area contributed by atoms with E-state index >= 15 is 0 Å². The van der Waals surface area contributed by atoms with Crippen molar-refractivity contribution in [3.05, 3.63) is 0 Å². The van der Waals surface area contributed by atoms with Crippen molar-refractivity contribution in [2.45, 2.75) is 96.8 Å². The molecule has 0 amide bonds. The van der Waals surface area contributed by atoms with Gasteiger partial charge in [-0.2, -0.15) is 4.31 Å². The fraction of sp³-hybridized carbons (Fsp3) is 1.00. The van der Waals surface area contributed by atoms with E-state index in [0.717, 1.165) is 25.9 Å². The lowest BCUT2D eigenvalue weighted by Gasteiger charge is -2.31. The maximum absolute atomic E-state index is 12.3. The molecule has 0 atom stereocenters. The molecule has 0 unspecified atom stereocenters. The molecule has 0 aromatic carbocycles. The van der Waals surface area contributed by atoms with Crippen LogP contribution in [0.15, 0.2) is 0 Å². The van der Waals surface area contributed by atoms with E-state index in [1.165, 1.54) is 77.0 Å². The predicted molar refractivity (Wildman–Crippen MR) is 113 cm³/mol. The molecule has 5 heteroatoms. The molecule has 0 radical (unpaired) electrons. The van der Waals surface area contributed by atoms with Crippen molar-refractivity contribution in [1.82, 2.24) is 9.21 Å². The SMILES string of the molecule is CCCCCCCCCCCCCCCCS(=O)(=O)N1CCN(C)CC1. The second kappa shape index (κ2) is 14.9. The minimum Gasteiger partial charge on any atom is -0.304 e. The number of likely N-dealkylation sites (N-methyl/N-ethyl adjacent to an activating group) is 1. The first-order chi connectivity index (χ1) is 12.6. The van der Waals surface area contributed by atoms with Crippen LogP contribution in [0.2, 0.25) is 0 Å². The van der Waals surface area contributed by atoms with Gasteiger partial charge in [-0.05, 0) is 13.5 Å². The summed E-state index contributed by atoms with van der Waals surface area (Å²) in [7, 11) is -0.963. The number of unbranched alkanes of at least 4 members (excludes halogenated alkanes) is 13. The molecule has 0 N–H and O–H groups in total. The van der Waals surface area contributed by atoms with Gasteiger partial charge >= 0.3 is 0 Å². The Balaban J connectivity index is 1.87. The first kappa shape index (κ1) is 23.9. The van der Waals surface area contributed by atoms with E-state index in [-0.39, 0.29) is 0 Å². The summed E-state index contributed by atoms with van der Waals surface area (Å²) in [5, 5.41) is 0. The summed E-state index contributed by atoms with van der Waals surface area (Å²) < 4.78 is 26.3. The van der Waals surface area contributed by atoms with Crippen LogP contribution in [0.3, 0.4) is 0 Å². The Hall–Kier alpha value is -0.130. The molecule has 26 heavy (non-hydrogen) atoms. The number of rotatable bonds is 16. The molecule has 1 fully saturated rings. The highest BCUT2D eigenvalue weighted by molar-refractivity contribution is 7.89. The van der Waals surface area contributed by atoms with Gasteiger partial charge in [0.15, 0.2) is 0 Å². The molecule has 0 spiro atoms. The summed E-state index contributed by atoms with van der Waals surface area (Å²) in [6.07, 6.45) is 18.2. The fourth-order valence-corrected chi connectivity index (χ4v) is 5.22. The van der Waals surface area contributed by atoms with E-state index in [9.17, 15) is 8.42 Å². The van der Waals surface area contributed by atoms with Crippen LogP contribution in [-0.2, 0) is 10.0 Å². The lowest BCUT2D eigenvalue weighted by molar-refractivity contribution is 0.222. The van der Waals surface area contributed by atoms with Gasteiger partial charge < -0.3 is 4.90 Å². The molecule has 156 valence electrons. The van der Waals surface area contributed by atoms with E-state index in [0.29, 0.717) is 18.8 Å². The number of nitrogens with zero attached hydrogens (tertiary/aromatic N) is 2. The van der Waals surface area contributed by atoms with Crippen molar-refractivity contribution in [2.75, 3.05) is 39.0 Å². The van der Waals surface area contributed by atoms with Crippen LogP contribution in [-0.4, -0.2) is 56.6 Å². The van der Waals surface area contributed by atoms with Crippen molar-refractivity contribution in [1.29, 1.82) is 0 Å². The summed E-state index contributed by atoms with van der Waals surface area (Å²) in [6, 6.07) is 0. The zero-order chi connectivity index (χ0) is 19.1. The van der Waals surface area contributed by atoms with E-state index in [2.05, 4.69) is 18.9 Å². The van der Waals surface area contributed by atoms with Crippen LogP contribution in [0.25, 0.3) is 0 Å². The lowest BCUT2D eigenvalue weighted by Crippen LogP contribution is -2.47. The maximum atomic E-state index is 12.3. The van der Waals surface area contributed by atoms with Crippen LogP contribution in [0.5, 0.6) is 0 Å². The average Bonchev–Trinajstić information content (AvgIpc) is 2.62. The summed E-state index contributed by atoms with van der Waals surface area (Å²) in [5.74, 6) is 0.342. The monoisotopic (exact) mass is 388 g/mol. The smallest absolute Gasteiger partial charge is 0.214 e. The van der Waals surface area contributed by atoms with Crippen LogP contribution in [0.1, 0.15) is 96.8 Å². The summed E-state index contributed by atoms with van der Waals surface area (Å²) in [6.45, 7) is 5.32. The van der Waals surface area contributed by atoms with E-state index in [1.54, 1.807) is 4.31 Å². The van der Waals surface area contributed by atoms with Crippen LogP contribution in [0, 0.1) is 0 Å². The van der Waals surface area contributed by atoms with E-state index in [1.807, 2.05) is 0 Å². The highest BCUT2D eigenvalue weighted by Gasteiger charge is 2.24. The standard InChI is InChI=1S/C21H44N2O2S/c1-3-4-5-6-7-8-9-10-11-12-13-14-15-16-21-26(24,25)23-19-17-22(2)18-20-23/h3-21H2,1-2H3. The molecule has 0 saturated carbocycles. The van der Waals surface area contributed by atoms with Gasteiger partial charge in [0.05, 0.1) is 5.75 Å². The van der Waals surface area contributed by atoms with Crippen molar-refractivity contribution in [3.8, 4) is 0 Å². The van der Waals surface area contributed by atoms with Crippen molar-refractivity contribution in [2.24, 2.45) is 0 Å². The van der Waals surface area contributed by atoms with Crippen LogP contribution >= 0.6 is 0 Å². The van der Waals surface area contributed by atoms with Crippen molar-refractivity contribution < 1.29 is 8.42 Å². The largest absolute Gasteiger partial charge is 0.304 e. The molecule has 0 aromatic rings. The molecule has 1 aliphatic heterocycles. The van der Waals surface area contributed by atoms with Crippen molar-refractivity contribution >= 4 is 10.0 Å². The van der Waals surface area contributed by atoms with Gasteiger partial charge in [0, 0.05) is 26.2 Å². The third kappa shape index (κ3) is 11.6. The fourth-order valence-electron chi connectivity index (χ4n) is 3.67. The topological polar surface area (TPSA) is 40.6 Å². The van der Waals surface area contributed by atoms with Gasteiger partial charge in [-0.3, -0.25) is 0 Å². The molecule has 0 bridgehead atoms. The number of piperazine rings is 1. The molecule has 1 rings (SSSR count). The maximum Gasteiger partial charge on any atom is 0.214 e. The summed E-state index contributed by atoms with van der Waals surface area (Å²) in [5.41, 5.74) is 0. The predicted octanol–water partition coefficient (Wildman–Crippen LogP) is 5.04. The van der Waals surface area contributed by atoms with Gasteiger partial charge in [0.1, 0.15) is 0 Å². The molecular weight excluding hydrogens is 344 g/mol. The third-order valence-corrected chi connectivity index (χ3v) is 7.57. The summed E-state index contributed by atoms with van der Waals surface area (Å²) in [4.78, 5) is 2.19.